The first-order valence-electron chi connectivity index (χ1n) is 5.13. The Bertz CT molecular complexity index is 162. The average Bonchev–Trinajstić information content (AvgIpc) is 2.17. The molecular formula is C10H22N2O2. The van der Waals surface area contributed by atoms with Crippen LogP contribution in [0, 0.1) is 0 Å². The second-order valence-electron chi connectivity index (χ2n) is 3.50. The van der Waals surface area contributed by atoms with Crippen LogP contribution in [0.1, 0.15) is 26.2 Å². The molecule has 4 nitrogen and oxygen atoms in total. The smallest absolute Gasteiger partial charge is 0.239 e. The number of nitrogens with two attached hydrogens (primary N) is 1. The third-order valence-corrected chi connectivity index (χ3v) is 2.14. The highest BCUT2D eigenvalue weighted by atomic mass is 16.5. The largest absolute Gasteiger partial charge is 0.385 e. The van der Waals surface area contributed by atoms with Gasteiger partial charge in [-0.2, -0.15) is 0 Å². The summed E-state index contributed by atoms with van der Waals surface area (Å²) in [4.78, 5) is 13.3. The van der Waals surface area contributed by atoms with Gasteiger partial charge >= 0.3 is 0 Å². The highest BCUT2D eigenvalue weighted by Gasteiger charge is 2.16. The molecular weight excluding hydrogens is 180 g/mol. The lowest BCUT2D eigenvalue weighted by Gasteiger charge is -2.20. The fraction of sp³-hybridized carbons (Fsp3) is 0.900. The third-order valence-electron chi connectivity index (χ3n) is 2.14. The summed E-state index contributed by atoms with van der Waals surface area (Å²) in [6.45, 7) is 3.42. The fourth-order valence-electron chi connectivity index (χ4n) is 1.27. The number of hydrogen-bond donors (Lipinski definition) is 1. The summed E-state index contributed by atoms with van der Waals surface area (Å²) >= 11 is 0. The Kier molecular flexibility index (Phi) is 7.42. The maximum Gasteiger partial charge on any atom is 0.239 e. The second-order valence-corrected chi connectivity index (χ2v) is 3.50. The third kappa shape index (κ3) is 5.19. The minimum Gasteiger partial charge on any atom is -0.385 e. The minimum atomic E-state index is -0.340. The molecule has 0 unspecified atom stereocenters. The zero-order chi connectivity index (χ0) is 11.0. The number of nitrogens with zero attached hydrogens (tertiary/aromatic N) is 1. The Hall–Kier alpha value is -0.610. The van der Waals surface area contributed by atoms with E-state index >= 15 is 0 Å². The Balaban J connectivity index is 3.74. The second kappa shape index (κ2) is 7.76. The van der Waals surface area contributed by atoms with Crippen molar-refractivity contribution in [3.05, 3.63) is 0 Å². The Morgan fingerprint density at radius 3 is 2.71 bits per heavy atom. The number of hydrogen-bond acceptors (Lipinski definition) is 3. The van der Waals surface area contributed by atoms with Crippen molar-refractivity contribution in [3.63, 3.8) is 0 Å². The Labute approximate surface area is 86.4 Å². The number of rotatable bonds is 7. The van der Waals surface area contributed by atoms with Crippen LogP contribution in [0.15, 0.2) is 0 Å². The van der Waals surface area contributed by atoms with E-state index in [0.29, 0.717) is 13.2 Å². The fourth-order valence-corrected chi connectivity index (χ4v) is 1.27. The monoisotopic (exact) mass is 202 g/mol. The van der Waals surface area contributed by atoms with Crippen molar-refractivity contribution < 1.29 is 9.53 Å². The van der Waals surface area contributed by atoms with E-state index in [2.05, 4.69) is 0 Å². The zero-order valence-corrected chi connectivity index (χ0v) is 9.45. The lowest BCUT2D eigenvalue weighted by atomic mass is 10.1. The van der Waals surface area contributed by atoms with Crippen LogP contribution in [-0.4, -0.2) is 44.2 Å². The molecule has 1 atom stereocenters. The first kappa shape index (κ1) is 13.4. The zero-order valence-electron chi connectivity index (χ0n) is 9.45. The molecule has 0 aliphatic rings. The van der Waals surface area contributed by atoms with Crippen LogP contribution < -0.4 is 5.73 Å². The van der Waals surface area contributed by atoms with Gasteiger partial charge in [-0.25, -0.2) is 0 Å². The van der Waals surface area contributed by atoms with E-state index in [1.54, 1.807) is 19.1 Å². The standard InChI is InChI=1S/C10H22N2O2/c1-4-6-9(11)10(13)12(2)7-5-8-14-3/h9H,4-8,11H2,1-3H3/t9-/m0/s1. The molecule has 0 aliphatic carbocycles. The summed E-state index contributed by atoms with van der Waals surface area (Å²) in [7, 11) is 3.44. The molecule has 0 rings (SSSR count). The van der Waals surface area contributed by atoms with Crippen LogP contribution in [0.5, 0.6) is 0 Å². The molecule has 0 saturated heterocycles. The van der Waals surface area contributed by atoms with Gasteiger partial charge in [0, 0.05) is 27.3 Å². The molecule has 0 aromatic rings. The van der Waals surface area contributed by atoms with Crippen molar-refractivity contribution in [1.29, 1.82) is 0 Å². The minimum absolute atomic E-state index is 0.0305. The van der Waals surface area contributed by atoms with Crippen molar-refractivity contribution in [2.24, 2.45) is 5.73 Å². The number of carbonyl (C=O) groups excluding carboxylic acids is 1. The first-order valence-corrected chi connectivity index (χ1v) is 5.13. The maximum atomic E-state index is 11.6. The van der Waals surface area contributed by atoms with E-state index in [1.807, 2.05) is 6.92 Å². The van der Waals surface area contributed by atoms with Gasteiger partial charge in [0.1, 0.15) is 0 Å². The number of amides is 1. The van der Waals surface area contributed by atoms with Gasteiger partial charge in [0.15, 0.2) is 0 Å². The summed E-state index contributed by atoms with van der Waals surface area (Å²) in [5, 5.41) is 0. The SMILES string of the molecule is CCC[C@H](N)C(=O)N(C)CCCOC. The van der Waals surface area contributed by atoms with Gasteiger partial charge in [-0.3, -0.25) is 4.79 Å². The van der Waals surface area contributed by atoms with Crippen molar-refractivity contribution >= 4 is 5.91 Å². The number of ether oxygens (including phenoxy) is 1. The molecule has 0 fully saturated rings. The van der Waals surface area contributed by atoms with Crippen molar-refractivity contribution in [2.45, 2.75) is 32.2 Å². The van der Waals surface area contributed by atoms with E-state index in [0.717, 1.165) is 19.3 Å². The van der Waals surface area contributed by atoms with Crippen LogP contribution in [0.4, 0.5) is 0 Å². The van der Waals surface area contributed by atoms with E-state index in [-0.39, 0.29) is 11.9 Å². The molecule has 2 N–H and O–H groups in total. The summed E-state index contributed by atoms with van der Waals surface area (Å²) in [6.07, 6.45) is 2.56. The van der Waals surface area contributed by atoms with Crippen molar-refractivity contribution in [2.75, 3.05) is 27.3 Å². The summed E-state index contributed by atoms with van der Waals surface area (Å²) in [6, 6.07) is -0.340. The van der Waals surface area contributed by atoms with Crippen molar-refractivity contribution in [1.82, 2.24) is 4.90 Å². The lowest BCUT2D eigenvalue weighted by Crippen LogP contribution is -2.42. The van der Waals surface area contributed by atoms with Crippen molar-refractivity contribution in [3.8, 4) is 0 Å². The molecule has 0 bridgehead atoms. The van der Waals surface area contributed by atoms with Gasteiger partial charge in [0.25, 0.3) is 0 Å². The Morgan fingerprint density at radius 2 is 2.21 bits per heavy atom. The van der Waals surface area contributed by atoms with Gasteiger partial charge in [0.05, 0.1) is 6.04 Å². The highest BCUT2D eigenvalue weighted by Crippen LogP contribution is 1.99. The maximum absolute atomic E-state index is 11.6. The molecule has 0 radical (unpaired) electrons. The lowest BCUT2D eigenvalue weighted by molar-refractivity contribution is -0.131. The van der Waals surface area contributed by atoms with Crippen LogP contribution in [-0.2, 0) is 9.53 Å². The molecule has 0 heterocycles. The van der Waals surface area contributed by atoms with Gasteiger partial charge in [-0.15, -0.1) is 0 Å². The molecule has 0 saturated carbocycles. The molecule has 1 amide bonds. The summed E-state index contributed by atoms with van der Waals surface area (Å²) < 4.78 is 4.91. The first-order chi connectivity index (χ1) is 6.63. The van der Waals surface area contributed by atoms with Crippen LogP contribution in [0.2, 0.25) is 0 Å². The van der Waals surface area contributed by atoms with Crippen LogP contribution in [0.25, 0.3) is 0 Å². The average molecular weight is 202 g/mol. The molecule has 14 heavy (non-hydrogen) atoms. The van der Waals surface area contributed by atoms with Crippen LogP contribution in [0.3, 0.4) is 0 Å². The number of carbonyl (C=O) groups is 1. The summed E-state index contributed by atoms with van der Waals surface area (Å²) in [5.74, 6) is 0.0305. The quantitative estimate of drug-likeness (QED) is 0.615. The molecule has 4 heteroatoms. The highest BCUT2D eigenvalue weighted by molar-refractivity contribution is 5.81. The molecule has 0 aliphatic heterocycles. The van der Waals surface area contributed by atoms with E-state index in [4.69, 9.17) is 10.5 Å². The van der Waals surface area contributed by atoms with E-state index in [9.17, 15) is 4.79 Å². The Morgan fingerprint density at radius 1 is 1.57 bits per heavy atom. The van der Waals surface area contributed by atoms with Gasteiger partial charge in [0.2, 0.25) is 5.91 Å². The predicted octanol–water partition coefficient (Wildman–Crippen LogP) is 0.609. The normalized spacial score (nSPS) is 12.6. The number of methoxy groups -OCH3 is 1. The molecule has 84 valence electrons. The topological polar surface area (TPSA) is 55.6 Å². The molecule has 0 aromatic heterocycles. The van der Waals surface area contributed by atoms with E-state index in [1.165, 1.54) is 0 Å². The van der Waals surface area contributed by atoms with Gasteiger partial charge in [-0.1, -0.05) is 13.3 Å². The number of likely N-dealkylation sites (N-methyl/N-ethyl adjacent to an activating group) is 1. The predicted molar refractivity (Wildman–Crippen MR) is 57.0 cm³/mol. The van der Waals surface area contributed by atoms with Crippen LogP contribution >= 0.6 is 0 Å². The van der Waals surface area contributed by atoms with Gasteiger partial charge in [-0.05, 0) is 12.8 Å². The molecule has 0 spiro atoms. The van der Waals surface area contributed by atoms with Gasteiger partial charge < -0.3 is 15.4 Å². The summed E-state index contributed by atoms with van der Waals surface area (Å²) in [5.41, 5.74) is 5.71. The molecule has 0 aromatic carbocycles. The van der Waals surface area contributed by atoms with E-state index < -0.39 is 0 Å².